The van der Waals surface area contributed by atoms with Gasteiger partial charge in [0.2, 0.25) is 0 Å². The maximum Gasteiger partial charge on any atom is 0.342 e. The second-order valence-electron chi connectivity index (χ2n) is 4.37. The maximum atomic E-state index is 11.6. The van der Waals surface area contributed by atoms with Gasteiger partial charge < -0.3 is 9.15 Å². The van der Waals surface area contributed by atoms with Gasteiger partial charge in [-0.3, -0.25) is 0 Å². The SMILES string of the molecule is Cc1cc(=O)oc2c1C(=O)OC(C)(C)C2. The molecular formula is C11H12O4. The molecule has 4 heteroatoms. The van der Waals surface area contributed by atoms with Gasteiger partial charge in [0.15, 0.2) is 0 Å². The van der Waals surface area contributed by atoms with Crippen LogP contribution in [0.4, 0.5) is 0 Å². The quantitative estimate of drug-likeness (QED) is 0.605. The van der Waals surface area contributed by atoms with Gasteiger partial charge in [0.05, 0.1) is 0 Å². The van der Waals surface area contributed by atoms with Crippen molar-refractivity contribution < 1.29 is 13.9 Å². The lowest BCUT2D eigenvalue weighted by Crippen LogP contribution is -2.37. The zero-order valence-electron chi connectivity index (χ0n) is 8.92. The van der Waals surface area contributed by atoms with E-state index in [9.17, 15) is 9.59 Å². The Morgan fingerprint density at radius 1 is 1.33 bits per heavy atom. The van der Waals surface area contributed by atoms with Gasteiger partial charge >= 0.3 is 11.6 Å². The Morgan fingerprint density at radius 3 is 2.67 bits per heavy atom. The third-order valence-electron chi connectivity index (χ3n) is 2.39. The molecule has 1 aliphatic rings. The van der Waals surface area contributed by atoms with Gasteiger partial charge in [-0.15, -0.1) is 0 Å². The second kappa shape index (κ2) is 2.95. The van der Waals surface area contributed by atoms with E-state index in [1.165, 1.54) is 6.07 Å². The summed E-state index contributed by atoms with van der Waals surface area (Å²) in [5.41, 5.74) is -0.0131. The Labute approximate surface area is 86.9 Å². The molecule has 0 atom stereocenters. The molecule has 0 unspecified atom stereocenters. The number of hydrogen-bond acceptors (Lipinski definition) is 4. The molecule has 2 rings (SSSR count). The van der Waals surface area contributed by atoms with Crippen molar-refractivity contribution in [2.45, 2.75) is 32.8 Å². The first-order chi connectivity index (χ1) is 6.89. The third kappa shape index (κ3) is 1.67. The molecule has 1 aromatic heterocycles. The first kappa shape index (κ1) is 9.96. The van der Waals surface area contributed by atoms with Crippen LogP contribution in [0.15, 0.2) is 15.3 Å². The number of rotatable bonds is 0. The average Bonchev–Trinajstić information content (AvgIpc) is 1.97. The Hall–Kier alpha value is -1.58. The standard InChI is InChI=1S/C11H12O4/c1-6-4-8(12)14-7-5-11(2,3)15-10(13)9(6)7/h4H,5H2,1-3H3. The molecule has 0 aromatic carbocycles. The minimum absolute atomic E-state index is 0.397. The summed E-state index contributed by atoms with van der Waals surface area (Å²) in [7, 11) is 0. The normalized spacial score (nSPS) is 18.2. The van der Waals surface area contributed by atoms with Crippen molar-refractivity contribution in [2.75, 3.05) is 0 Å². The summed E-state index contributed by atoms with van der Waals surface area (Å²) in [4.78, 5) is 22.8. The van der Waals surface area contributed by atoms with Crippen LogP contribution >= 0.6 is 0 Å². The number of ether oxygens (including phenoxy) is 1. The highest BCUT2D eigenvalue weighted by Gasteiger charge is 2.35. The summed E-state index contributed by atoms with van der Waals surface area (Å²) in [5, 5.41) is 0. The van der Waals surface area contributed by atoms with Crippen molar-refractivity contribution in [2.24, 2.45) is 0 Å². The smallest absolute Gasteiger partial charge is 0.342 e. The van der Waals surface area contributed by atoms with Crippen molar-refractivity contribution in [3.8, 4) is 0 Å². The lowest BCUT2D eigenvalue weighted by Gasteiger charge is -2.30. The van der Waals surface area contributed by atoms with E-state index in [1.54, 1.807) is 20.8 Å². The summed E-state index contributed by atoms with van der Waals surface area (Å²) in [6.07, 6.45) is 0.436. The molecule has 0 spiro atoms. The highest BCUT2D eigenvalue weighted by Crippen LogP contribution is 2.28. The van der Waals surface area contributed by atoms with Crippen LogP contribution in [0.25, 0.3) is 0 Å². The number of carbonyl (C=O) groups is 1. The molecule has 2 heterocycles. The van der Waals surface area contributed by atoms with Crippen LogP contribution in [0, 0.1) is 6.92 Å². The molecule has 0 bridgehead atoms. The maximum absolute atomic E-state index is 11.6. The first-order valence-electron chi connectivity index (χ1n) is 4.76. The predicted molar refractivity (Wildman–Crippen MR) is 52.9 cm³/mol. The van der Waals surface area contributed by atoms with Crippen molar-refractivity contribution in [1.29, 1.82) is 0 Å². The monoisotopic (exact) mass is 208 g/mol. The van der Waals surface area contributed by atoms with E-state index in [1.807, 2.05) is 0 Å². The van der Waals surface area contributed by atoms with Gasteiger partial charge in [-0.2, -0.15) is 0 Å². The van der Waals surface area contributed by atoms with E-state index < -0.39 is 17.2 Å². The molecule has 15 heavy (non-hydrogen) atoms. The highest BCUT2D eigenvalue weighted by atomic mass is 16.6. The zero-order valence-corrected chi connectivity index (χ0v) is 8.92. The number of aryl methyl sites for hydroxylation is 1. The fourth-order valence-corrected chi connectivity index (χ4v) is 1.79. The van der Waals surface area contributed by atoms with Crippen LogP contribution in [0.3, 0.4) is 0 Å². The fraction of sp³-hybridized carbons (Fsp3) is 0.455. The van der Waals surface area contributed by atoms with E-state index in [4.69, 9.17) is 9.15 Å². The molecule has 1 aromatic rings. The van der Waals surface area contributed by atoms with Gasteiger partial charge in [0.25, 0.3) is 0 Å². The van der Waals surface area contributed by atoms with E-state index in [-0.39, 0.29) is 0 Å². The molecule has 80 valence electrons. The highest BCUT2D eigenvalue weighted by molar-refractivity contribution is 5.93. The Balaban J connectivity index is 2.65. The fourth-order valence-electron chi connectivity index (χ4n) is 1.79. The summed E-state index contributed by atoms with van der Waals surface area (Å²) < 4.78 is 10.3. The average molecular weight is 208 g/mol. The van der Waals surface area contributed by atoms with E-state index >= 15 is 0 Å². The number of esters is 1. The van der Waals surface area contributed by atoms with Gasteiger partial charge in [-0.1, -0.05) is 0 Å². The van der Waals surface area contributed by atoms with Crippen LogP contribution in [-0.2, 0) is 11.2 Å². The lowest BCUT2D eigenvalue weighted by atomic mass is 9.95. The minimum atomic E-state index is -0.603. The minimum Gasteiger partial charge on any atom is -0.455 e. The van der Waals surface area contributed by atoms with Crippen LogP contribution in [0.5, 0.6) is 0 Å². The van der Waals surface area contributed by atoms with Crippen LogP contribution in [-0.4, -0.2) is 11.6 Å². The Kier molecular flexibility index (Phi) is 1.96. The van der Waals surface area contributed by atoms with Crippen LogP contribution in [0.2, 0.25) is 0 Å². The topological polar surface area (TPSA) is 56.5 Å². The van der Waals surface area contributed by atoms with E-state index in [2.05, 4.69) is 0 Å². The zero-order chi connectivity index (χ0) is 11.2. The second-order valence-corrected chi connectivity index (χ2v) is 4.37. The molecule has 0 saturated carbocycles. The van der Waals surface area contributed by atoms with Crippen molar-refractivity contribution >= 4 is 5.97 Å². The number of cyclic esters (lactones) is 1. The molecule has 0 amide bonds. The molecule has 0 saturated heterocycles. The van der Waals surface area contributed by atoms with Crippen LogP contribution < -0.4 is 5.63 Å². The molecule has 0 aliphatic carbocycles. The number of hydrogen-bond donors (Lipinski definition) is 0. The molecule has 0 fully saturated rings. The van der Waals surface area contributed by atoms with Gasteiger partial charge in [0, 0.05) is 12.5 Å². The van der Waals surface area contributed by atoms with E-state index in [0.29, 0.717) is 23.3 Å². The number of fused-ring (bicyclic) bond motifs is 1. The van der Waals surface area contributed by atoms with Crippen LogP contribution in [0.1, 0.15) is 35.5 Å². The molecule has 1 aliphatic heterocycles. The van der Waals surface area contributed by atoms with Gasteiger partial charge in [0.1, 0.15) is 16.9 Å². The number of carbonyl (C=O) groups excluding carboxylic acids is 1. The molecule has 0 radical (unpaired) electrons. The molecular weight excluding hydrogens is 196 g/mol. The Morgan fingerprint density at radius 2 is 2.00 bits per heavy atom. The Bertz CT molecular complexity index is 482. The first-order valence-corrected chi connectivity index (χ1v) is 4.76. The third-order valence-corrected chi connectivity index (χ3v) is 2.39. The lowest BCUT2D eigenvalue weighted by molar-refractivity contribution is -0.0107. The summed E-state index contributed by atoms with van der Waals surface area (Å²) in [5.74, 6) is 0.0174. The van der Waals surface area contributed by atoms with E-state index in [0.717, 1.165) is 0 Å². The van der Waals surface area contributed by atoms with Crippen molar-refractivity contribution in [1.82, 2.24) is 0 Å². The largest absolute Gasteiger partial charge is 0.455 e. The summed E-state index contributed by atoms with van der Waals surface area (Å²) in [6, 6.07) is 1.30. The van der Waals surface area contributed by atoms with Crippen molar-refractivity contribution in [3.63, 3.8) is 0 Å². The summed E-state index contributed by atoms with van der Waals surface area (Å²) >= 11 is 0. The van der Waals surface area contributed by atoms with Gasteiger partial charge in [-0.05, 0) is 26.3 Å². The summed E-state index contributed by atoms with van der Waals surface area (Å²) in [6.45, 7) is 5.28. The van der Waals surface area contributed by atoms with Gasteiger partial charge in [-0.25, -0.2) is 9.59 Å². The molecule has 4 nitrogen and oxygen atoms in total. The molecule has 0 N–H and O–H groups in total. The van der Waals surface area contributed by atoms with Crippen molar-refractivity contribution in [3.05, 3.63) is 33.4 Å². The predicted octanol–water partition coefficient (Wildman–Crippen LogP) is 1.44.